The molecule has 1 aromatic carbocycles. The largest absolute Gasteiger partial charge is 0.388 e. The van der Waals surface area contributed by atoms with Gasteiger partial charge in [0.2, 0.25) is 0 Å². The molecule has 0 saturated heterocycles. The number of nitrogens with one attached hydrogen (secondary N) is 1. The Morgan fingerprint density at radius 2 is 2.18 bits per heavy atom. The van der Waals surface area contributed by atoms with Gasteiger partial charge in [-0.1, -0.05) is 0 Å². The fourth-order valence-electron chi connectivity index (χ4n) is 1.63. The fourth-order valence-corrected chi connectivity index (χ4v) is 1.63. The lowest BCUT2D eigenvalue weighted by Crippen LogP contribution is -1.96. The van der Waals surface area contributed by atoms with Gasteiger partial charge in [-0.25, -0.2) is 0 Å². The lowest BCUT2D eigenvalue weighted by molar-refractivity contribution is -0.384. The topological polar surface area (TPSA) is 73.0 Å². The van der Waals surface area contributed by atoms with Crippen LogP contribution >= 0.6 is 0 Å². The number of rotatable bonds is 3. The van der Waals surface area contributed by atoms with Crippen LogP contribution in [0.15, 0.2) is 30.5 Å². The van der Waals surface area contributed by atoms with Crippen LogP contribution in [-0.2, 0) is 7.05 Å². The van der Waals surface area contributed by atoms with Gasteiger partial charge in [0.05, 0.1) is 10.6 Å². The molecule has 1 aromatic heterocycles. The molecule has 88 valence electrons. The Hall–Kier alpha value is -2.37. The summed E-state index contributed by atoms with van der Waals surface area (Å²) in [7, 11) is 3.58. The Morgan fingerprint density at radius 3 is 2.71 bits per heavy atom. The molecule has 0 aliphatic carbocycles. The predicted molar refractivity (Wildman–Crippen MR) is 64.8 cm³/mol. The lowest BCUT2D eigenvalue weighted by Gasteiger charge is -2.06. The molecular weight excluding hydrogens is 220 g/mol. The van der Waals surface area contributed by atoms with Crippen LogP contribution in [0.3, 0.4) is 0 Å². The van der Waals surface area contributed by atoms with E-state index in [0.717, 1.165) is 11.3 Å². The third kappa shape index (κ3) is 2.10. The molecule has 0 unspecified atom stereocenters. The summed E-state index contributed by atoms with van der Waals surface area (Å²) < 4.78 is 1.66. The van der Waals surface area contributed by atoms with E-state index in [1.54, 1.807) is 31.0 Å². The van der Waals surface area contributed by atoms with Crippen molar-refractivity contribution in [1.29, 1.82) is 0 Å². The summed E-state index contributed by atoms with van der Waals surface area (Å²) in [6.07, 6.45) is 1.80. The number of aryl methyl sites for hydroxylation is 1. The summed E-state index contributed by atoms with van der Waals surface area (Å²) in [5.41, 5.74) is 2.31. The van der Waals surface area contributed by atoms with Crippen LogP contribution in [0.2, 0.25) is 0 Å². The average Bonchev–Trinajstić information content (AvgIpc) is 2.74. The van der Waals surface area contributed by atoms with E-state index in [1.165, 1.54) is 12.1 Å². The Balaban J connectivity index is 2.57. The number of hydrogen-bond donors (Lipinski definition) is 1. The fraction of sp³-hybridized carbons (Fsp3) is 0.182. The molecule has 6 heteroatoms. The molecule has 0 atom stereocenters. The zero-order valence-corrected chi connectivity index (χ0v) is 9.54. The molecule has 0 amide bonds. The van der Waals surface area contributed by atoms with Crippen molar-refractivity contribution < 1.29 is 4.92 Å². The van der Waals surface area contributed by atoms with E-state index < -0.39 is 4.92 Å². The molecule has 0 aliphatic heterocycles. The second-order valence-corrected chi connectivity index (χ2v) is 3.61. The van der Waals surface area contributed by atoms with Crippen LogP contribution in [0.25, 0.3) is 11.3 Å². The van der Waals surface area contributed by atoms with Crippen molar-refractivity contribution in [3.05, 3.63) is 40.6 Å². The minimum Gasteiger partial charge on any atom is -0.388 e. The predicted octanol–water partition coefficient (Wildman–Crippen LogP) is 2.04. The Labute approximate surface area is 98.0 Å². The number of nitro benzene ring substituents is 1. The summed E-state index contributed by atoms with van der Waals surface area (Å²) in [6.45, 7) is 0. The van der Waals surface area contributed by atoms with Gasteiger partial charge in [0.25, 0.3) is 5.69 Å². The molecule has 0 saturated carbocycles. The van der Waals surface area contributed by atoms with Crippen LogP contribution < -0.4 is 5.32 Å². The van der Waals surface area contributed by atoms with Gasteiger partial charge in [0.15, 0.2) is 0 Å². The van der Waals surface area contributed by atoms with E-state index in [1.807, 2.05) is 6.07 Å². The Morgan fingerprint density at radius 1 is 1.41 bits per heavy atom. The van der Waals surface area contributed by atoms with Crippen molar-refractivity contribution in [2.75, 3.05) is 12.4 Å². The van der Waals surface area contributed by atoms with Gasteiger partial charge in [0, 0.05) is 43.7 Å². The summed E-state index contributed by atoms with van der Waals surface area (Å²) in [5.74, 6) is 0. The minimum atomic E-state index is -0.411. The van der Waals surface area contributed by atoms with Crippen molar-refractivity contribution in [1.82, 2.24) is 9.78 Å². The van der Waals surface area contributed by atoms with E-state index >= 15 is 0 Å². The second kappa shape index (κ2) is 4.25. The maximum atomic E-state index is 10.7. The van der Waals surface area contributed by atoms with Crippen LogP contribution in [0.5, 0.6) is 0 Å². The summed E-state index contributed by atoms with van der Waals surface area (Å²) in [6, 6.07) is 6.49. The molecule has 2 aromatic rings. The normalized spacial score (nSPS) is 10.2. The zero-order valence-electron chi connectivity index (χ0n) is 9.54. The molecule has 0 fully saturated rings. The van der Waals surface area contributed by atoms with Gasteiger partial charge in [-0.2, -0.15) is 5.10 Å². The molecule has 0 aliphatic rings. The monoisotopic (exact) mass is 232 g/mol. The van der Waals surface area contributed by atoms with E-state index in [9.17, 15) is 10.1 Å². The highest BCUT2D eigenvalue weighted by molar-refractivity contribution is 5.77. The van der Waals surface area contributed by atoms with Crippen molar-refractivity contribution in [3.63, 3.8) is 0 Å². The van der Waals surface area contributed by atoms with Crippen LogP contribution in [-0.4, -0.2) is 21.8 Å². The van der Waals surface area contributed by atoms with E-state index in [2.05, 4.69) is 10.4 Å². The molecular formula is C11H12N4O2. The molecule has 1 N–H and O–H groups in total. The molecule has 17 heavy (non-hydrogen) atoms. The van der Waals surface area contributed by atoms with Crippen molar-refractivity contribution in [2.45, 2.75) is 0 Å². The minimum absolute atomic E-state index is 0.0599. The van der Waals surface area contributed by atoms with Crippen molar-refractivity contribution in [2.24, 2.45) is 7.05 Å². The first kappa shape index (κ1) is 11.1. The molecule has 0 radical (unpaired) electrons. The van der Waals surface area contributed by atoms with Crippen LogP contribution in [0.4, 0.5) is 11.4 Å². The molecule has 6 nitrogen and oxygen atoms in total. The quantitative estimate of drug-likeness (QED) is 0.649. The standard InChI is InChI=1S/C11H12N4O2/c1-12-10-4-3-8(15(16)17)7-9(10)11-5-6-14(2)13-11/h3-7,12H,1-2H3. The first-order chi connectivity index (χ1) is 8.11. The molecule has 2 rings (SSSR count). The summed E-state index contributed by atoms with van der Waals surface area (Å²) >= 11 is 0. The zero-order chi connectivity index (χ0) is 12.4. The van der Waals surface area contributed by atoms with Crippen LogP contribution in [0, 0.1) is 10.1 Å². The van der Waals surface area contributed by atoms with Crippen molar-refractivity contribution >= 4 is 11.4 Å². The Bertz CT molecular complexity index is 562. The highest BCUT2D eigenvalue weighted by Gasteiger charge is 2.13. The van der Waals surface area contributed by atoms with Crippen molar-refractivity contribution in [3.8, 4) is 11.3 Å². The third-order valence-corrected chi connectivity index (χ3v) is 2.47. The van der Waals surface area contributed by atoms with E-state index in [0.29, 0.717) is 5.69 Å². The SMILES string of the molecule is CNc1ccc([N+](=O)[O-])cc1-c1ccn(C)n1. The highest BCUT2D eigenvalue weighted by atomic mass is 16.6. The number of anilines is 1. The van der Waals surface area contributed by atoms with E-state index in [-0.39, 0.29) is 5.69 Å². The second-order valence-electron chi connectivity index (χ2n) is 3.61. The summed E-state index contributed by atoms with van der Waals surface area (Å²) in [5, 5.41) is 18.0. The molecule has 0 bridgehead atoms. The maximum absolute atomic E-state index is 10.7. The number of nitrogens with zero attached hydrogens (tertiary/aromatic N) is 3. The number of nitro groups is 1. The average molecular weight is 232 g/mol. The lowest BCUT2D eigenvalue weighted by atomic mass is 10.1. The third-order valence-electron chi connectivity index (χ3n) is 2.47. The van der Waals surface area contributed by atoms with Gasteiger partial charge in [0.1, 0.15) is 0 Å². The number of benzene rings is 1. The van der Waals surface area contributed by atoms with Crippen LogP contribution in [0.1, 0.15) is 0 Å². The number of aromatic nitrogens is 2. The number of hydrogen-bond acceptors (Lipinski definition) is 4. The first-order valence-corrected chi connectivity index (χ1v) is 5.08. The van der Waals surface area contributed by atoms with Gasteiger partial charge < -0.3 is 5.32 Å². The molecule has 0 spiro atoms. The first-order valence-electron chi connectivity index (χ1n) is 5.08. The van der Waals surface area contributed by atoms with Gasteiger partial charge in [-0.05, 0) is 12.1 Å². The highest BCUT2D eigenvalue weighted by Crippen LogP contribution is 2.30. The van der Waals surface area contributed by atoms with E-state index in [4.69, 9.17) is 0 Å². The number of non-ortho nitro benzene ring substituents is 1. The van der Waals surface area contributed by atoms with Gasteiger partial charge >= 0.3 is 0 Å². The summed E-state index contributed by atoms with van der Waals surface area (Å²) in [4.78, 5) is 10.3. The van der Waals surface area contributed by atoms with Gasteiger partial charge in [-0.15, -0.1) is 0 Å². The smallest absolute Gasteiger partial charge is 0.270 e. The Kier molecular flexibility index (Phi) is 2.78. The van der Waals surface area contributed by atoms with Gasteiger partial charge in [-0.3, -0.25) is 14.8 Å². The molecule has 1 heterocycles. The maximum Gasteiger partial charge on any atom is 0.270 e.